The van der Waals surface area contributed by atoms with Crippen LogP contribution in [0.3, 0.4) is 0 Å². The van der Waals surface area contributed by atoms with Crippen molar-refractivity contribution in [3.05, 3.63) is 0 Å². The Balaban J connectivity index is 2.14. The van der Waals surface area contributed by atoms with Gasteiger partial charge >= 0.3 is 5.97 Å². The molecule has 1 fully saturated rings. The lowest BCUT2D eigenvalue weighted by Crippen LogP contribution is -2.33. The molecule has 1 aliphatic carbocycles. The van der Waals surface area contributed by atoms with E-state index in [0.29, 0.717) is 12.3 Å². The molecule has 19 heavy (non-hydrogen) atoms. The Morgan fingerprint density at radius 2 is 2.11 bits per heavy atom. The van der Waals surface area contributed by atoms with E-state index in [1.165, 1.54) is 19.3 Å². The van der Waals surface area contributed by atoms with Gasteiger partial charge in [0.25, 0.3) is 0 Å². The van der Waals surface area contributed by atoms with Crippen LogP contribution in [0.15, 0.2) is 5.16 Å². The first-order chi connectivity index (χ1) is 9.13. The second kappa shape index (κ2) is 8.50. The van der Waals surface area contributed by atoms with E-state index >= 15 is 0 Å². The van der Waals surface area contributed by atoms with Gasteiger partial charge in [0.1, 0.15) is 0 Å². The van der Waals surface area contributed by atoms with Crippen LogP contribution >= 0.6 is 0 Å². The second-order valence-corrected chi connectivity index (χ2v) is 4.96. The van der Waals surface area contributed by atoms with E-state index in [2.05, 4.69) is 10.5 Å². The molecule has 1 saturated carbocycles. The van der Waals surface area contributed by atoms with Gasteiger partial charge in [-0.3, -0.25) is 9.59 Å². The highest BCUT2D eigenvalue weighted by Gasteiger charge is 2.18. The van der Waals surface area contributed by atoms with Crippen LogP contribution < -0.4 is 5.32 Å². The number of hydrogen-bond donors (Lipinski definition) is 2. The average molecular weight is 270 g/mol. The minimum Gasteiger partial charge on any atom is -0.444 e. The molecule has 108 valence electrons. The molecule has 0 saturated heterocycles. The summed E-state index contributed by atoms with van der Waals surface area (Å²) in [6.45, 7) is 1.45. The van der Waals surface area contributed by atoms with Crippen LogP contribution in [-0.4, -0.2) is 30.0 Å². The zero-order chi connectivity index (χ0) is 14.1. The molecule has 1 atom stereocenters. The van der Waals surface area contributed by atoms with Crippen molar-refractivity contribution >= 4 is 18.1 Å². The Labute approximate surface area is 113 Å². The largest absolute Gasteiger partial charge is 0.444 e. The van der Waals surface area contributed by atoms with Gasteiger partial charge in [-0.2, -0.15) is 0 Å². The minimum absolute atomic E-state index is 0.131. The summed E-state index contributed by atoms with van der Waals surface area (Å²) in [5.74, 6) is -0.738. The Morgan fingerprint density at radius 1 is 1.42 bits per heavy atom. The standard InChI is InChI=1S/C13H22N2O4/c1-10(8-15-18)13(17)14-9-19-12(16)7-11-5-3-2-4-6-11/h8,10-11,18H,2-7,9H2,1H3,(H,14,17)/b15-8+. The van der Waals surface area contributed by atoms with Crippen molar-refractivity contribution in [3.8, 4) is 0 Å². The Bertz CT molecular complexity index is 325. The topological polar surface area (TPSA) is 88.0 Å². The van der Waals surface area contributed by atoms with E-state index < -0.39 is 5.92 Å². The predicted molar refractivity (Wildman–Crippen MR) is 69.7 cm³/mol. The fourth-order valence-electron chi connectivity index (χ4n) is 2.20. The fourth-order valence-corrected chi connectivity index (χ4v) is 2.20. The summed E-state index contributed by atoms with van der Waals surface area (Å²) in [5.41, 5.74) is 0. The number of nitrogens with one attached hydrogen (secondary N) is 1. The van der Waals surface area contributed by atoms with Crippen molar-refractivity contribution in [2.75, 3.05) is 6.73 Å². The smallest absolute Gasteiger partial charge is 0.307 e. The number of esters is 1. The molecule has 1 aliphatic rings. The molecule has 1 amide bonds. The highest BCUT2D eigenvalue weighted by molar-refractivity contribution is 5.92. The highest BCUT2D eigenvalue weighted by Crippen LogP contribution is 2.26. The van der Waals surface area contributed by atoms with Crippen LogP contribution in [0.2, 0.25) is 0 Å². The molecule has 1 unspecified atom stereocenters. The molecule has 0 spiro atoms. The summed E-state index contributed by atoms with van der Waals surface area (Å²) < 4.78 is 4.97. The van der Waals surface area contributed by atoms with Gasteiger partial charge in [0, 0.05) is 6.42 Å². The zero-order valence-corrected chi connectivity index (χ0v) is 11.3. The summed E-state index contributed by atoms with van der Waals surface area (Å²) in [4.78, 5) is 22.9. The van der Waals surface area contributed by atoms with E-state index in [4.69, 9.17) is 9.94 Å². The molecule has 2 N–H and O–H groups in total. The van der Waals surface area contributed by atoms with Gasteiger partial charge in [-0.1, -0.05) is 19.3 Å². The van der Waals surface area contributed by atoms with E-state index in [9.17, 15) is 9.59 Å². The molecule has 1 rings (SSSR count). The Kier molecular flexibility index (Phi) is 6.92. The van der Waals surface area contributed by atoms with Crippen molar-refractivity contribution in [1.82, 2.24) is 5.32 Å². The third-order valence-electron chi connectivity index (χ3n) is 3.36. The van der Waals surface area contributed by atoms with E-state index in [1.54, 1.807) is 6.92 Å². The van der Waals surface area contributed by atoms with Crippen LogP contribution in [0.1, 0.15) is 45.4 Å². The molecule has 6 nitrogen and oxygen atoms in total. The van der Waals surface area contributed by atoms with E-state index in [-0.39, 0.29) is 18.6 Å². The van der Waals surface area contributed by atoms with Crippen LogP contribution in [0.25, 0.3) is 0 Å². The van der Waals surface area contributed by atoms with Crippen molar-refractivity contribution in [1.29, 1.82) is 0 Å². The number of ether oxygens (including phenoxy) is 1. The normalized spacial score (nSPS) is 18.2. The molecule has 0 aromatic rings. The number of amides is 1. The Hall–Kier alpha value is -1.59. The van der Waals surface area contributed by atoms with Gasteiger partial charge in [0.05, 0.1) is 12.1 Å². The number of oxime groups is 1. The zero-order valence-electron chi connectivity index (χ0n) is 11.3. The van der Waals surface area contributed by atoms with Crippen molar-refractivity contribution in [3.63, 3.8) is 0 Å². The summed E-state index contributed by atoms with van der Waals surface area (Å²) in [7, 11) is 0. The first-order valence-corrected chi connectivity index (χ1v) is 6.74. The second-order valence-electron chi connectivity index (χ2n) is 4.96. The van der Waals surface area contributed by atoms with Gasteiger partial charge in [0.15, 0.2) is 6.73 Å². The summed E-state index contributed by atoms with van der Waals surface area (Å²) >= 11 is 0. The molecule has 0 bridgehead atoms. The van der Waals surface area contributed by atoms with E-state index in [0.717, 1.165) is 19.1 Å². The third-order valence-corrected chi connectivity index (χ3v) is 3.36. The van der Waals surface area contributed by atoms with Crippen LogP contribution in [-0.2, 0) is 14.3 Å². The molecular formula is C13H22N2O4. The summed E-state index contributed by atoms with van der Waals surface area (Å²) in [5, 5.41) is 13.5. The molecule has 0 aromatic carbocycles. The lowest BCUT2D eigenvalue weighted by Gasteiger charge is -2.20. The molecule has 6 heteroatoms. The maximum Gasteiger partial charge on any atom is 0.307 e. The molecular weight excluding hydrogens is 248 g/mol. The van der Waals surface area contributed by atoms with Gasteiger partial charge in [-0.25, -0.2) is 0 Å². The van der Waals surface area contributed by atoms with Crippen molar-refractivity contribution in [2.45, 2.75) is 45.4 Å². The SMILES string of the molecule is CC(/C=N/O)C(=O)NCOC(=O)CC1CCCCC1. The van der Waals surface area contributed by atoms with Gasteiger partial charge < -0.3 is 15.3 Å². The number of hydrogen-bond acceptors (Lipinski definition) is 5. The van der Waals surface area contributed by atoms with Gasteiger partial charge in [0.2, 0.25) is 5.91 Å². The molecule has 0 radical (unpaired) electrons. The maximum atomic E-state index is 11.5. The fraction of sp³-hybridized carbons (Fsp3) is 0.769. The third kappa shape index (κ3) is 6.22. The van der Waals surface area contributed by atoms with Crippen molar-refractivity contribution < 1.29 is 19.5 Å². The maximum absolute atomic E-state index is 11.5. The average Bonchev–Trinajstić information content (AvgIpc) is 2.40. The Morgan fingerprint density at radius 3 is 2.74 bits per heavy atom. The first kappa shape index (κ1) is 15.5. The van der Waals surface area contributed by atoms with Crippen molar-refractivity contribution in [2.24, 2.45) is 17.0 Å². The summed E-state index contributed by atoms with van der Waals surface area (Å²) in [6.07, 6.45) is 7.35. The highest BCUT2D eigenvalue weighted by atomic mass is 16.5. The number of carbonyl (C=O) groups is 2. The van der Waals surface area contributed by atoms with Crippen LogP contribution in [0.4, 0.5) is 0 Å². The first-order valence-electron chi connectivity index (χ1n) is 6.74. The number of rotatable bonds is 6. The van der Waals surface area contributed by atoms with Crippen LogP contribution in [0.5, 0.6) is 0 Å². The summed E-state index contributed by atoms with van der Waals surface area (Å²) in [6, 6.07) is 0. The molecule has 0 aromatic heterocycles. The number of carbonyl (C=O) groups excluding carboxylic acids is 2. The molecule has 0 heterocycles. The quantitative estimate of drug-likeness (QED) is 0.253. The predicted octanol–water partition coefficient (Wildman–Crippen LogP) is 1.67. The number of nitrogens with zero attached hydrogens (tertiary/aromatic N) is 1. The lowest BCUT2D eigenvalue weighted by molar-refractivity contribution is -0.146. The molecule has 0 aliphatic heterocycles. The minimum atomic E-state index is -0.554. The van der Waals surface area contributed by atoms with Crippen LogP contribution in [0, 0.1) is 11.8 Å². The van der Waals surface area contributed by atoms with Gasteiger partial charge in [-0.15, -0.1) is 5.16 Å². The van der Waals surface area contributed by atoms with E-state index in [1.807, 2.05) is 0 Å². The lowest BCUT2D eigenvalue weighted by atomic mass is 9.87. The van der Waals surface area contributed by atoms with Gasteiger partial charge in [-0.05, 0) is 25.7 Å². The monoisotopic (exact) mass is 270 g/mol.